The third-order valence-corrected chi connectivity index (χ3v) is 6.71. The molecule has 2 nitrogen and oxygen atoms in total. The van der Waals surface area contributed by atoms with Gasteiger partial charge in [-0.25, -0.2) is 0 Å². The topological polar surface area (TPSA) is 20.3 Å². The summed E-state index contributed by atoms with van der Waals surface area (Å²) in [5.74, 6) is 0.195. The Labute approximate surface area is 129 Å². The van der Waals surface area contributed by atoms with E-state index in [0.29, 0.717) is 6.04 Å². The maximum Gasteiger partial charge on any atom is 0.264 e. The van der Waals surface area contributed by atoms with Crippen molar-refractivity contribution >= 4 is 49.1 Å². The van der Waals surface area contributed by atoms with Gasteiger partial charge in [-0.3, -0.25) is 4.79 Å². The van der Waals surface area contributed by atoms with E-state index in [4.69, 9.17) is 0 Å². The Kier molecular flexibility index (Phi) is 5.27. The standard InChI is InChI=1S/C13H17Br2NOS/c1-2-9-6-4-3-5-7-16(9)13(17)11-8-10(14)12(15)18-11/h8-9H,2-7H2,1H3. The van der Waals surface area contributed by atoms with Crippen LogP contribution in [0.2, 0.25) is 0 Å². The second-order valence-corrected chi connectivity index (χ2v) is 7.87. The molecule has 1 aliphatic heterocycles. The van der Waals surface area contributed by atoms with E-state index in [2.05, 4.69) is 43.7 Å². The molecule has 5 heteroatoms. The second-order valence-electron chi connectivity index (χ2n) is 4.64. The highest BCUT2D eigenvalue weighted by molar-refractivity contribution is 9.13. The minimum atomic E-state index is 0.195. The number of hydrogen-bond donors (Lipinski definition) is 0. The monoisotopic (exact) mass is 393 g/mol. The quantitative estimate of drug-likeness (QED) is 0.685. The first-order chi connectivity index (χ1) is 8.63. The van der Waals surface area contributed by atoms with Gasteiger partial charge in [0.25, 0.3) is 5.91 Å². The Morgan fingerprint density at radius 3 is 2.83 bits per heavy atom. The van der Waals surface area contributed by atoms with Gasteiger partial charge in [0.15, 0.2) is 0 Å². The molecule has 1 aliphatic rings. The van der Waals surface area contributed by atoms with Gasteiger partial charge in [0, 0.05) is 17.1 Å². The van der Waals surface area contributed by atoms with Crippen molar-refractivity contribution in [3.05, 3.63) is 19.2 Å². The van der Waals surface area contributed by atoms with Crippen molar-refractivity contribution in [3.8, 4) is 0 Å². The zero-order valence-corrected chi connectivity index (χ0v) is 14.4. The Morgan fingerprint density at radius 1 is 1.44 bits per heavy atom. The van der Waals surface area contributed by atoms with Gasteiger partial charge in [-0.1, -0.05) is 19.8 Å². The predicted octanol–water partition coefficient (Wildman–Crippen LogP) is 5.07. The predicted molar refractivity (Wildman–Crippen MR) is 83.3 cm³/mol. The van der Waals surface area contributed by atoms with Crippen LogP contribution < -0.4 is 0 Å². The van der Waals surface area contributed by atoms with Crippen molar-refractivity contribution in [1.82, 2.24) is 4.90 Å². The summed E-state index contributed by atoms with van der Waals surface area (Å²) in [5.41, 5.74) is 0. The molecule has 0 N–H and O–H groups in total. The minimum Gasteiger partial charge on any atom is -0.335 e. The summed E-state index contributed by atoms with van der Waals surface area (Å²) >= 11 is 8.42. The molecule has 0 bridgehead atoms. The minimum absolute atomic E-state index is 0.195. The molecule has 2 heterocycles. The number of carbonyl (C=O) groups excluding carboxylic acids is 1. The van der Waals surface area contributed by atoms with Gasteiger partial charge in [-0.2, -0.15) is 0 Å². The van der Waals surface area contributed by atoms with Crippen LogP contribution in [-0.2, 0) is 0 Å². The van der Waals surface area contributed by atoms with Crippen LogP contribution in [0.5, 0.6) is 0 Å². The molecule has 0 radical (unpaired) electrons. The summed E-state index contributed by atoms with van der Waals surface area (Å²) in [6.45, 7) is 3.08. The number of thiophene rings is 1. The van der Waals surface area contributed by atoms with E-state index in [1.165, 1.54) is 24.2 Å². The third-order valence-electron chi connectivity index (χ3n) is 3.47. The largest absolute Gasteiger partial charge is 0.335 e. The normalized spacial score (nSPS) is 20.8. The average molecular weight is 395 g/mol. The van der Waals surface area contributed by atoms with E-state index >= 15 is 0 Å². The van der Waals surface area contributed by atoms with E-state index < -0.39 is 0 Å². The summed E-state index contributed by atoms with van der Waals surface area (Å²) in [6, 6.07) is 2.34. The fourth-order valence-electron chi connectivity index (χ4n) is 2.46. The van der Waals surface area contributed by atoms with E-state index in [0.717, 1.165) is 38.9 Å². The molecule has 0 aromatic carbocycles. The molecule has 1 unspecified atom stereocenters. The van der Waals surface area contributed by atoms with Gasteiger partial charge < -0.3 is 4.90 Å². The molecule has 1 aromatic heterocycles. The fourth-order valence-corrected chi connectivity index (χ4v) is 4.45. The van der Waals surface area contributed by atoms with Crippen molar-refractivity contribution in [1.29, 1.82) is 0 Å². The van der Waals surface area contributed by atoms with Gasteiger partial charge in [0.2, 0.25) is 0 Å². The molecule has 0 spiro atoms. The lowest BCUT2D eigenvalue weighted by atomic mass is 10.1. The molecule has 1 atom stereocenters. The van der Waals surface area contributed by atoms with Gasteiger partial charge >= 0.3 is 0 Å². The smallest absolute Gasteiger partial charge is 0.264 e. The first-order valence-electron chi connectivity index (χ1n) is 6.39. The number of halogens is 2. The molecule has 1 aromatic rings. The van der Waals surface area contributed by atoms with Gasteiger partial charge in [0.05, 0.1) is 8.66 Å². The molecule has 100 valence electrons. The fraction of sp³-hybridized carbons (Fsp3) is 0.615. The third kappa shape index (κ3) is 3.17. The van der Waals surface area contributed by atoms with Crippen LogP contribution in [0.25, 0.3) is 0 Å². The molecule has 1 amide bonds. The SMILES string of the molecule is CCC1CCCCCN1C(=O)c1cc(Br)c(Br)s1. The zero-order chi connectivity index (χ0) is 13.1. The molecular weight excluding hydrogens is 378 g/mol. The zero-order valence-electron chi connectivity index (χ0n) is 10.4. The Balaban J connectivity index is 2.19. The summed E-state index contributed by atoms with van der Waals surface area (Å²) < 4.78 is 1.97. The molecule has 18 heavy (non-hydrogen) atoms. The van der Waals surface area contributed by atoms with E-state index in [1.807, 2.05) is 6.07 Å². The highest BCUT2D eigenvalue weighted by Gasteiger charge is 2.26. The lowest BCUT2D eigenvalue weighted by Gasteiger charge is -2.28. The lowest BCUT2D eigenvalue weighted by Crippen LogP contribution is -2.39. The summed E-state index contributed by atoms with van der Waals surface area (Å²) in [5, 5.41) is 0. The molecule has 2 rings (SSSR count). The van der Waals surface area contributed by atoms with Crippen molar-refractivity contribution in [2.24, 2.45) is 0 Å². The number of rotatable bonds is 2. The first kappa shape index (κ1) is 14.5. The Morgan fingerprint density at radius 2 is 2.22 bits per heavy atom. The number of nitrogens with zero attached hydrogens (tertiary/aromatic N) is 1. The van der Waals surface area contributed by atoms with Crippen molar-refractivity contribution in [2.75, 3.05) is 6.54 Å². The highest BCUT2D eigenvalue weighted by atomic mass is 79.9. The first-order valence-corrected chi connectivity index (χ1v) is 8.79. The summed E-state index contributed by atoms with van der Waals surface area (Å²) in [7, 11) is 0. The van der Waals surface area contributed by atoms with Crippen molar-refractivity contribution in [2.45, 2.75) is 45.1 Å². The maximum atomic E-state index is 12.6. The van der Waals surface area contributed by atoms with Crippen LogP contribution in [0.15, 0.2) is 14.3 Å². The van der Waals surface area contributed by atoms with Gasteiger partial charge in [0.1, 0.15) is 0 Å². The Bertz CT molecular complexity index is 413. The summed E-state index contributed by atoms with van der Waals surface area (Å²) in [4.78, 5) is 15.5. The van der Waals surface area contributed by atoms with Crippen LogP contribution in [-0.4, -0.2) is 23.4 Å². The van der Waals surface area contributed by atoms with E-state index in [-0.39, 0.29) is 5.91 Å². The van der Waals surface area contributed by atoms with Crippen molar-refractivity contribution in [3.63, 3.8) is 0 Å². The molecule has 0 saturated carbocycles. The second kappa shape index (κ2) is 6.53. The molecule has 1 fully saturated rings. The number of likely N-dealkylation sites (tertiary alicyclic amines) is 1. The van der Waals surface area contributed by atoms with E-state index in [9.17, 15) is 4.79 Å². The van der Waals surface area contributed by atoms with Crippen LogP contribution in [0.3, 0.4) is 0 Å². The molecule has 1 saturated heterocycles. The molecule has 0 aliphatic carbocycles. The number of carbonyl (C=O) groups is 1. The average Bonchev–Trinajstić information content (AvgIpc) is 2.58. The van der Waals surface area contributed by atoms with Crippen LogP contribution in [0, 0.1) is 0 Å². The Hall–Kier alpha value is 0.130. The molecular formula is C13H17Br2NOS. The van der Waals surface area contributed by atoms with E-state index in [1.54, 1.807) is 0 Å². The highest BCUT2D eigenvalue weighted by Crippen LogP contribution is 2.34. The van der Waals surface area contributed by atoms with Gasteiger partial charge in [-0.05, 0) is 57.2 Å². The van der Waals surface area contributed by atoms with Crippen molar-refractivity contribution < 1.29 is 4.79 Å². The van der Waals surface area contributed by atoms with Crippen LogP contribution in [0.4, 0.5) is 0 Å². The lowest BCUT2D eigenvalue weighted by molar-refractivity contribution is 0.0683. The summed E-state index contributed by atoms with van der Waals surface area (Å²) in [6.07, 6.45) is 5.84. The van der Waals surface area contributed by atoms with Crippen LogP contribution in [0.1, 0.15) is 48.7 Å². The van der Waals surface area contributed by atoms with Gasteiger partial charge in [-0.15, -0.1) is 11.3 Å². The number of hydrogen-bond acceptors (Lipinski definition) is 2. The number of amides is 1. The maximum absolute atomic E-state index is 12.6. The van der Waals surface area contributed by atoms with Crippen LogP contribution >= 0.6 is 43.2 Å².